The van der Waals surface area contributed by atoms with E-state index < -0.39 is 5.60 Å². The second kappa shape index (κ2) is 5.13. The van der Waals surface area contributed by atoms with Crippen LogP contribution in [0.4, 0.5) is 0 Å². The number of rotatable bonds is 4. The fourth-order valence-electron chi connectivity index (χ4n) is 1.63. The van der Waals surface area contributed by atoms with Crippen LogP contribution in [-0.2, 0) is 6.42 Å². The molecule has 1 aromatic rings. The van der Waals surface area contributed by atoms with Crippen LogP contribution in [0.2, 0.25) is 0 Å². The Bertz CT molecular complexity index is 377. The molecule has 0 unspecified atom stereocenters. The fourth-order valence-corrected chi connectivity index (χ4v) is 1.63. The van der Waals surface area contributed by atoms with Crippen molar-refractivity contribution in [3.05, 3.63) is 54.1 Å². The van der Waals surface area contributed by atoms with E-state index in [0.717, 1.165) is 16.7 Å². The highest BCUT2D eigenvalue weighted by molar-refractivity contribution is 5.71. The first-order chi connectivity index (χ1) is 7.42. The van der Waals surface area contributed by atoms with Crippen LogP contribution < -0.4 is 0 Å². The summed E-state index contributed by atoms with van der Waals surface area (Å²) in [4.78, 5) is 0. The molecule has 0 aliphatic heterocycles. The average Bonchev–Trinajstić information content (AvgIpc) is 2.16. The Kier molecular flexibility index (Phi) is 4.08. The van der Waals surface area contributed by atoms with Gasteiger partial charge in [0.15, 0.2) is 0 Å². The van der Waals surface area contributed by atoms with Crippen LogP contribution in [0.5, 0.6) is 0 Å². The normalized spacial score (nSPS) is 12.0. The summed E-state index contributed by atoms with van der Waals surface area (Å²) in [6, 6.07) is 8.18. The molecule has 0 aliphatic carbocycles. The SMILES string of the molecule is C=C(C=CC)c1ccc(CC(C)(C)O)cc1. The minimum absolute atomic E-state index is 0.651. The van der Waals surface area contributed by atoms with E-state index in [1.165, 1.54) is 0 Å². The van der Waals surface area contributed by atoms with Crippen molar-refractivity contribution in [3.63, 3.8) is 0 Å². The molecule has 0 aromatic heterocycles. The second-order valence-corrected chi connectivity index (χ2v) is 4.71. The summed E-state index contributed by atoms with van der Waals surface area (Å²) >= 11 is 0. The summed E-state index contributed by atoms with van der Waals surface area (Å²) in [5.41, 5.74) is 2.63. The zero-order valence-electron chi connectivity index (χ0n) is 10.3. The van der Waals surface area contributed by atoms with E-state index in [9.17, 15) is 5.11 Å². The number of hydrogen-bond acceptors (Lipinski definition) is 1. The van der Waals surface area contributed by atoms with Crippen LogP contribution in [0.25, 0.3) is 5.57 Å². The Hall–Kier alpha value is -1.34. The third-order valence-electron chi connectivity index (χ3n) is 2.33. The molecule has 1 N–H and O–H groups in total. The van der Waals surface area contributed by atoms with Gasteiger partial charge in [0.1, 0.15) is 0 Å². The summed E-state index contributed by atoms with van der Waals surface area (Å²) in [5, 5.41) is 9.71. The maximum atomic E-state index is 9.71. The fraction of sp³-hybridized carbons (Fsp3) is 0.333. The summed E-state index contributed by atoms with van der Waals surface area (Å²) in [5.74, 6) is 0. The highest BCUT2D eigenvalue weighted by Crippen LogP contribution is 2.17. The maximum absolute atomic E-state index is 9.71. The van der Waals surface area contributed by atoms with E-state index in [0.29, 0.717) is 6.42 Å². The average molecular weight is 216 g/mol. The Balaban J connectivity index is 2.79. The van der Waals surface area contributed by atoms with Crippen molar-refractivity contribution in [3.8, 4) is 0 Å². The van der Waals surface area contributed by atoms with E-state index in [1.54, 1.807) is 0 Å². The molecule has 0 atom stereocenters. The van der Waals surface area contributed by atoms with E-state index in [4.69, 9.17) is 0 Å². The van der Waals surface area contributed by atoms with E-state index in [-0.39, 0.29) is 0 Å². The van der Waals surface area contributed by atoms with Gasteiger partial charge in [0, 0.05) is 6.42 Å². The summed E-state index contributed by atoms with van der Waals surface area (Å²) in [6.45, 7) is 9.60. The molecule has 1 rings (SSSR count). The maximum Gasteiger partial charge on any atom is 0.0631 e. The minimum Gasteiger partial charge on any atom is -0.390 e. The zero-order chi connectivity index (χ0) is 12.2. The largest absolute Gasteiger partial charge is 0.390 e. The summed E-state index contributed by atoms with van der Waals surface area (Å²) in [7, 11) is 0. The second-order valence-electron chi connectivity index (χ2n) is 4.71. The molecule has 16 heavy (non-hydrogen) atoms. The molecule has 86 valence electrons. The number of hydrogen-bond donors (Lipinski definition) is 1. The molecule has 0 saturated carbocycles. The van der Waals surface area contributed by atoms with Gasteiger partial charge in [0.25, 0.3) is 0 Å². The molecule has 0 bridgehead atoms. The van der Waals surface area contributed by atoms with Crippen molar-refractivity contribution < 1.29 is 5.11 Å². The van der Waals surface area contributed by atoms with Crippen LogP contribution in [0.1, 0.15) is 31.9 Å². The number of allylic oxidation sites excluding steroid dienone is 3. The predicted molar refractivity (Wildman–Crippen MR) is 70.3 cm³/mol. The third-order valence-corrected chi connectivity index (χ3v) is 2.33. The van der Waals surface area contributed by atoms with Crippen molar-refractivity contribution in [1.29, 1.82) is 0 Å². The lowest BCUT2D eigenvalue weighted by atomic mass is 9.97. The van der Waals surface area contributed by atoms with Crippen LogP contribution in [0, 0.1) is 0 Å². The Morgan fingerprint density at radius 3 is 2.31 bits per heavy atom. The molecule has 0 fully saturated rings. The molecular formula is C15H20O. The van der Waals surface area contributed by atoms with Gasteiger partial charge in [-0.3, -0.25) is 0 Å². The smallest absolute Gasteiger partial charge is 0.0631 e. The van der Waals surface area contributed by atoms with Crippen LogP contribution in [-0.4, -0.2) is 10.7 Å². The first-order valence-electron chi connectivity index (χ1n) is 5.55. The highest BCUT2D eigenvalue weighted by atomic mass is 16.3. The Morgan fingerprint density at radius 1 is 1.31 bits per heavy atom. The van der Waals surface area contributed by atoms with Crippen molar-refractivity contribution >= 4 is 5.57 Å². The van der Waals surface area contributed by atoms with E-state index >= 15 is 0 Å². The lowest BCUT2D eigenvalue weighted by Gasteiger charge is -2.17. The standard InChI is InChI=1S/C15H20O/c1-5-6-12(2)14-9-7-13(8-10-14)11-15(3,4)16/h5-10,16H,2,11H2,1,3-4H3. The van der Waals surface area contributed by atoms with Crippen LogP contribution >= 0.6 is 0 Å². The third kappa shape index (κ3) is 4.03. The molecular weight excluding hydrogens is 196 g/mol. The molecule has 1 aromatic carbocycles. The van der Waals surface area contributed by atoms with Crippen molar-refractivity contribution in [1.82, 2.24) is 0 Å². The molecule has 0 radical (unpaired) electrons. The molecule has 0 aliphatic rings. The molecule has 0 heterocycles. The predicted octanol–water partition coefficient (Wildman–Crippen LogP) is 3.59. The van der Waals surface area contributed by atoms with Gasteiger partial charge in [0.05, 0.1) is 5.60 Å². The zero-order valence-corrected chi connectivity index (χ0v) is 10.3. The van der Waals surface area contributed by atoms with Gasteiger partial charge in [0.2, 0.25) is 0 Å². The molecule has 0 amide bonds. The van der Waals surface area contributed by atoms with Gasteiger partial charge < -0.3 is 5.11 Å². The summed E-state index contributed by atoms with van der Waals surface area (Å²) in [6.07, 6.45) is 4.64. The topological polar surface area (TPSA) is 20.2 Å². The van der Waals surface area contributed by atoms with Gasteiger partial charge in [-0.1, -0.05) is 43.0 Å². The minimum atomic E-state index is -0.651. The number of benzene rings is 1. The van der Waals surface area contributed by atoms with Crippen LogP contribution in [0.3, 0.4) is 0 Å². The first kappa shape index (κ1) is 12.7. The molecule has 0 saturated heterocycles. The highest BCUT2D eigenvalue weighted by Gasteiger charge is 2.12. The summed E-state index contributed by atoms with van der Waals surface area (Å²) < 4.78 is 0. The Morgan fingerprint density at radius 2 is 1.88 bits per heavy atom. The van der Waals surface area contributed by atoms with Crippen molar-refractivity contribution in [2.75, 3.05) is 0 Å². The lowest BCUT2D eigenvalue weighted by molar-refractivity contribution is 0.0810. The van der Waals surface area contributed by atoms with E-state index in [1.807, 2.05) is 57.2 Å². The van der Waals surface area contributed by atoms with Crippen molar-refractivity contribution in [2.24, 2.45) is 0 Å². The van der Waals surface area contributed by atoms with Crippen LogP contribution in [0.15, 0.2) is 43.0 Å². The van der Waals surface area contributed by atoms with Gasteiger partial charge >= 0.3 is 0 Å². The quantitative estimate of drug-likeness (QED) is 0.763. The first-order valence-corrected chi connectivity index (χ1v) is 5.55. The number of aliphatic hydroxyl groups is 1. The van der Waals surface area contributed by atoms with E-state index in [2.05, 4.69) is 6.58 Å². The molecule has 0 spiro atoms. The molecule has 1 nitrogen and oxygen atoms in total. The monoisotopic (exact) mass is 216 g/mol. The van der Waals surface area contributed by atoms with Gasteiger partial charge in [-0.2, -0.15) is 0 Å². The molecule has 1 heteroatoms. The Labute approximate surface area is 98.1 Å². The lowest BCUT2D eigenvalue weighted by Crippen LogP contribution is -2.21. The van der Waals surface area contributed by atoms with Gasteiger partial charge in [-0.15, -0.1) is 0 Å². The van der Waals surface area contributed by atoms with Gasteiger partial charge in [-0.25, -0.2) is 0 Å². The van der Waals surface area contributed by atoms with Gasteiger partial charge in [-0.05, 0) is 37.5 Å². The van der Waals surface area contributed by atoms with Crippen molar-refractivity contribution in [2.45, 2.75) is 32.8 Å².